The Morgan fingerprint density at radius 3 is 1.25 bits per heavy atom. The van der Waals surface area contributed by atoms with Crippen LogP contribution >= 0.6 is 24.6 Å². The van der Waals surface area contributed by atoms with Gasteiger partial charge in [0.2, 0.25) is 0 Å². The minimum Gasteiger partial charge on any atom is -0.440 e. The standard InChI is InChI=1S/C52H66N7O6P3/c53-39-19-15-27-43-23-7-11-35-49(43)61-58-66(63-50-36-12-8-24-44(50)28-16-20-40-54)57-68(64-51-37-13-9-25-45(51)29-17-21-41-55,65-52-38-14-10-26-46(52)30-18-22-42-56)59(60-47-31-3-1-4-32-47)67(58)62-48-33-5-2-6-34-48/h1-14,23-26,31-38H,15-22,27-30,39-42,53-56H2. The van der Waals surface area contributed by atoms with Gasteiger partial charge in [0.05, 0.1) is 0 Å². The minimum absolute atomic E-state index is 0.510. The van der Waals surface area contributed by atoms with Crippen molar-refractivity contribution >= 4 is 24.6 Å². The van der Waals surface area contributed by atoms with Crippen molar-refractivity contribution in [1.29, 1.82) is 0 Å². The van der Waals surface area contributed by atoms with Gasteiger partial charge >= 0.3 is 24.6 Å². The summed E-state index contributed by atoms with van der Waals surface area (Å²) in [4.78, 5) is 14.4. The monoisotopic (exact) mass is 977 g/mol. The van der Waals surface area contributed by atoms with Gasteiger partial charge in [-0.15, -0.1) is 4.52 Å². The van der Waals surface area contributed by atoms with Crippen LogP contribution in [0.4, 0.5) is 0 Å². The average molecular weight is 978 g/mol. The molecule has 68 heavy (non-hydrogen) atoms. The van der Waals surface area contributed by atoms with Crippen LogP contribution in [0.25, 0.3) is 0 Å². The van der Waals surface area contributed by atoms with Crippen LogP contribution in [0.5, 0.6) is 34.5 Å². The van der Waals surface area contributed by atoms with Crippen LogP contribution in [0.3, 0.4) is 0 Å². The summed E-state index contributed by atoms with van der Waals surface area (Å²) in [7, 11) is -8.50. The van der Waals surface area contributed by atoms with Gasteiger partial charge in [-0.1, -0.05) is 109 Å². The summed E-state index contributed by atoms with van der Waals surface area (Å²) in [5.41, 5.74) is 27.9. The van der Waals surface area contributed by atoms with E-state index in [2.05, 4.69) is 24.3 Å². The number of aryl methyl sites for hydroxylation is 4. The predicted octanol–water partition coefficient (Wildman–Crippen LogP) is 12.4. The maximum absolute atomic E-state index is 7.54. The highest BCUT2D eigenvalue weighted by atomic mass is 31.3. The van der Waals surface area contributed by atoms with E-state index in [1.807, 2.05) is 133 Å². The van der Waals surface area contributed by atoms with E-state index < -0.39 is 24.6 Å². The Hall–Kier alpha value is -5.03. The molecular formula is C52H66N7O6P3. The lowest BCUT2D eigenvalue weighted by Gasteiger charge is -2.44. The Bertz CT molecular complexity index is 2420. The van der Waals surface area contributed by atoms with Crippen LogP contribution in [0.1, 0.15) is 73.6 Å². The molecule has 1 aliphatic rings. The Balaban J connectivity index is 1.51. The van der Waals surface area contributed by atoms with Crippen LogP contribution in [0, 0.1) is 0 Å². The van der Waals surface area contributed by atoms with Crippen LogP contribution in [0.15, 0.2) is 162 Å². The van der Waals surface area contributed by atoms with E-state index >= 15 is 0 Å². The highest BCUT2D eigenvalue weighted by Crippen LogP contribution is 2.78. The van der Waals surface area contributed by atoms with Crippen LogP contribution < -0.4 is 50.7 Å². The van der Waals surface area contributed by atoms with Gasteiger partial charge in [-0.2, -0.15) is 0 Å². The topological polar surface area (TPSA) is 178 Å². The zero-order chi connectivity index (χ0) is 47.2. The van der Waals surface area contributed by atoms with E-state index in [0.717, 1.165) is 99.3 Å². The Morgan fingerprint density at radius 2 is 0.779 bits per heavy atom. The molecule has 2 atom stereocenters. The fraction of sp³-hybridized carbons (Fsp3) is 0.308. The van der Waals surface area contributed by atoms with Crippen LogP contribution in [0.2, 0.25) is 0 Å². The van der Waals surface area contributed by atoms with Crippen molar-refractivity contribution in [2.45, 2.75) is 77.0 Å². The molecule has 1 aliphatic heterocycles. The van der Waals surface area contributed by atoms with Crippen molar-refractivity contribution in [3.05, 3.63) is 180 Å². The number of hydrogen-bond donors (Lipinski definition) is 4. The third kappa shape index (κ3) is 14.3. The van der Waals surface area contributed by atoms with Gasteiger partial charge in [-0.05, 0) is 174 Å². The lowest BCUT2D eigenvalue weighted by Crippen LogP contribution is -2.37. The second-order valence-electron chi connectivity index (χ2n) is 16.2. The molecule has 0 spiro atoms. The summed E-state index contributed by atoms with van der Waals surface area (Å²) in [6.45, 7) is 2.36. The molecule has 16 heteroatoms. The maximum atomic E-state index is 7.54. The zero-order valence-electron chi connectivity index (χ0n) is 38.8. The Labute approximate surface area is 405 Å². The molecule has 6 aromatic rings. The first-order valence-corrected chi connectivity index (χ1v) is 27.6. The van der Waals surface area contributed by atoms with E-state index in [9.17, 15) is 0 Å². The van der Waals surface area contributed by atoms with E-state index in [4.69, 9.17) is 55.2 Å². The maximum Gasteiger partial charge on any atom is 0.447 e. The molecule has 13 nitrogen and oxygen atoms in total. The van der Waals surface area contributed by atoms with Gasteiger partial charge < -0.3 is 50.7 Å². The quantitative estimate of drug-likeness (QED) is 0.0270. The molecule has 0 saturated carbocycles. The molecule has 0 aliphatic carbocycles. The summed E-state index contributed by atoms with van der Waals surface area (Å²) in [6.07, 6.45) is 9.88. The molecule has 0 radical (unpaired) electrons. The molecule has 1 heterocycles. The summed E-state index contributed by atoms with van der Waals surface area (Å²) < 4.78 is 38.8. The largest absolute Gasteiger partial charge is 0.447 e. The number of nitrogens with two attached hydrogens (primary N) is 4. The number of para-hydroxylation sites is 6. The van der Waals surface area contributed by atoms with E-state index in [1.165, 1.54) is 0 Å². The number of hydrogen-bond acceptors (Lipinski definition) is 13. The first-order chi connectivity index (χ1) is 33.5. The van der Waals surface area contributed by atoms with Crippen LogP contribution in [-0.4, -0.2) is 35.4 Å². The molecule has 360 valence electrons. The number of nitrogens with zero attached hydrogens (tertiary/aromatic N) is 3. The van der Waals surface area contributed by atoms with Gasteiger partial charge in [0, 0.05) is 9.21 Å². The Kier molecular flexibility index (Phi) is 20.4. The number of unbranched alkanes of at least 4 members (excludes halogenated alkanes) is 4. The molecule has 0 fully saturated rings. The van der Waals surface area contributed by atoms with Crippen LogP contribution in [-0.2, 0) is 25.7 Å². The first kappa shape index (κ1) is 50.8. The van der Waals surface area contributed by atoms with Crippen molar-refractivity contribution in [3.63, 3.8) is 0 Å². The summed E-state index contributed by atoms with van der Waals surface area (Å²) in [5, 5.41) is 0. The van der Waals surface area contributed by atoms with Crippen molar-refractivity contribution in [2.24, 2.45) is 27.5 Å². The van der Waals surface area contributed by atoms with Crippen molar-refractivity contribution in [2.75, 3.05) is 26.2 Å². The van der Waals surface area contributed by atoms with E-state index in [-0.39, 0.29) is 0 Å². The van der Waals surface area contributed by atoms with Gasteiger partial charge in [-0.25, -0.2) is 0 Å². The smallest absolute Gasteiger partial charge is 0.440 e. The molecule has 2 unspecified atom stereocenters. The third-order valence-electron chi connectivity index (χ3n) is 11.0. The number of rotatable bonds is 28. The van der Waals surface area contributed by atoms with Gasteiger partial charge in [-0.3, -0.25) is 0 Å². The van der Waals surface area contributed by atoms with E-state index in [0.29, 0.717) is 60.7 Å². The molecule has 6 aromatic carbocycles. The minimum atomic E-state index is -4.00. The second kappa shape index (κ2) is 27.2. The fourth-order valence-corrected chi connectivity index (χ4v) is 15.0. The normalized spacial score (nSPS) is 15.8. The highest BCUT2D eigenvalue weighted by molar-refractivity contribution is 7.78. The van der Waals surface area contributed by atoms with Crippen molar-refractivity contribution < 1.29 is 27.8 Å². The number of benzene rings is 6. The molecule has 0 aromatic heterocycles. The zero-order valence-corrected chi connectivity index (χ0v) is 41.5. The fourth-order valence-electron chi connectivity index (χ4n) is 7.42. The SMILES string of the molecule is NCCCCc1ccccc1ON1P(Oc2ccccc2CCCCN)N=P(Oc2ccccc2CCCCN)(Oc2ccccc2CCCCN)N(Oc2ccccc2)P1Oc1ccccc1. The van der Waals surface area contributed by atoms with Gasteiger partial charge in [0.25, 0.3) is 0 Å². The molecule has 7 rings (SSSR count). The summed E-state index contributed by atoms with van der Waals surface area (Å²) in [5.74, 6) is 3.53. The van der Waals surface area contributed by atoms with E-state index in [1.54, 1.807) is 9.21 Å². The Morgan fingerprint density at radius 1 is 0.397 bits per heavy atom. The molecule has 0 saturated heterocycles. The summed E-state index contributed by atoms with van der Waals surface area (Å²) in [6, 6.07) is 51.3. The first-order valence-electron chi connectivity index (χ1n) is 23.7. The molecule has 8 N–H and O–H groups in total. The second-order valence-corrected chi connectivity index (χ2v) is 21.7. The highest BCUT2D eigenvalue weighted by Gasteiger charge is 2.58. The van der Waals surface area contributed by atoms with Gasteiger partial charge in [0.1, 0.15) is 28.7 Å². The third-order valence-corrected chi connectivity index (χ3v) is 17.8. The average Bonchev–Trinajstić information content (AvgIpc) is 3.37. The summed E-state index contributed by atoms with van der Waals surface area (Å²) >= 11 is 0. The lowest BCUT2D eigenvalue weighted by atomic mass is 10.1. The van der Waals surface area contributed by atoms with Crippen molar-refractivity contribution in [1.82, 2.24) is 9.21 Å². The molecule has 0 amide bonds. The van der Waals surface area contributed by atoms with Crippen molar-refractivity contribution in [3.8, 4) is 34.5 Å². The lowest BCUT2D eigenvalue weighted by molar-refractivity contribution is 0.0539. The predicted molar refractivity (Wildman–Crippen MR) is 277 cm³/mol. The molecular weight excluding hydrogens is 912 g/mol. The van der Waals surface area contributed by atoms with Gasteiger partial charge in [0.15, 0.2) is 5.75 Å². The molecule has 0 bridgehead atoms.